The lowest BCUT2D eigenvalue weighted by Gasteiger charge is -2.09. The van der Waals surface area contributed by atoms with E-state index in [0.29, 0.717) is 23.7 Å². The second kappa shape index (κ2) is 9.21. The van der Waals surface area contributed by atoms with Gasteiger partial charge in [-0.15, -0.1) is 0 Å². The Balaban J connectivity index is 1.44. The standard InChI is InChI=1S/C22H20ClNO3/c23-20-9-3-18(4-10-20)15-27-21-11-5-17(6-12-21)14-24-13-16-1-7-19(8-2-16)22(25)26/h1-12,24H,13-15H2,(H,25,26). The molecule has 0 aromatic heterocycles. The monoisotopic (exact) mass is 381 g/mol. The van der Waals surface area contributed by atoms with Crippen molar-refractivity contribution in [1.82, 2.24) is 5.32 Å². The SMILES string of the molecule is O=C(O)c1ccc(CNCc2ccc(OCc3ccc(Cl)cc3)cc2)cc1. The van der Waals surface area contributed by atoms with E-state index in [2.05, 4.69) is 5.32 Å². The van der Waals surface area contributed by atoms with Gasteiger partial charge in [-0.05, 0) is 53.1 Å². The molecule has 0 aliphatic heterocycles. The third kappa shape index (κ3) is 5.84. The van der Waals surface area contributed by atoms with Gasteiger partial charge in [0.15, 0.2) is 0 Å². The van der Waals surface area contributed by atoms with Crippen LogP contribution < -0.4 is 10.1 Å². The van der Waals surface area contributed by atoms with Crippen molar-refractivity contribution in [1.29, 1.82) is 0 Å². The fourth-order valence-electron chi connectivity index (χ4n) is 2.57. The number of rotatable bonds is 8. The predicted molar refractivity (Wildman–Crippen MR) is 106 cm³/mol. The van der Waals surface area contributed by atoms with Crippen LogP contribution in [0.25, 0.3) is 0 Å². The van der Waals surface area contributed by atoms with E-state index in [9.17, 15) is 4.79 Å². The van der Waals surface area contributed by atoms with Crippen LogP contribution in [0.2, 0.25) is 5.02 Å². The Morgan fingerprint density at radius 2 is 1.33 bits per heavy atom. The van der Waals surface area contributed by atoms with E-state index in [-0.39, 0.29) is 0 Å². The molecule has 0 atom stereocenters. The minimum Gasteiger partial charge on any atom is -0.489 e. The molecule has 0 aliphatic carbocycles. The van der Waals surface area contributed by atoms with Crippen molar-refractivity contribution in [2.45, 2.75) is 19.7 Å². The summed E-state index contributed by atoms with van der Waals surface area (Å²) in [6, 6.07) is 22.4. The summed E-state index contributed by atoms with van der Waals surface area (Å²) in [7, 11) is 0. The molecule has 0 saturated carbocycles. The third-order valence-corrected chi connectivity index (χ3v) is 4.35. The van der Waals surface area contributed by atoms with Crippen LogP contribution in [0.1, 0.15) is 27.0 Å². The summed E-state index contributed by atoms with van der Waals surface area (Å²) in [6.07, 6.45) is 0. The molecule has 0 heterocycles. The maximum Gasteiger partial charge on any atom is 0.335 e. The Hall–Kier alpha value is -2.82. The molecule has 0 saturated heterocycles. The second-order valence-corrected chi connectivity index (χ2v) is 6.60. The average molecular weight is 382 g/mol. The number of benzene rings is 3. The largest absolute Gasteiger partial charge is 0.489 e. The molecule has 0 fully saturated rings. The number of carbonyl (C=O) groups is 1. The summed E-state index contributed by atoms with van der Waals surface area (Å²) in [5.74, 6) is -0.0918. The van der Waals surface area contributed by atoms with Crippen molar-refractivity contribution in [3.63, 3.8) is 0 Å². The summed E-state index contributed by atoms with van der Waals surface area (Å²) in [5, 5.41) is 13.0. The number of hydrogen-bond acceptors (Lipinski definition) is 3. The van der Waals surface area contributed by atoms with E-state index in [0.717, 1.165) is 29.0 Å². The Labute approximate surface area is 163 Å². The van der Waals surface area contributed by atoms with Gasteiger partial charge < -0.3 is 15.2 Å². The lowest BCUT2D eigenvalue weighted by Crippen LogP contribution is -2.12. The average Bonchev–Trinajstić information content (AvgIpc) is 2.69. The van der Waals surface area contributed by atoms with Crippen molar-refractivity contribution in [3.8, 4) is 5.75 Å². The molecular formula is C22H20ClNO3. The molecule has 2 N–H and O–H groups in total. The van der Waals surface area contributed by atoms with Crippen molar-refractivity contribution in [2.24, 2.45) is 0 Å². The number of carboxylic acids is 1. The molecule has 0 aliphatic rings. The van der Waals surface area contributed by atoms with Crippen LogP contribution in [0, 0.1) is 0 Å². The van der Waals surface area contributed by atoms with Crippen LogP contribution in [0.4, 0.5) is 0 Å². The normalized spacial score (nSPS) is 10.6. The Morgan fingerprint density at radius 3 is 1.89 bits per heavy atom. The highest BCUT2D eigenvalue weighted by atomic mass is 35.5. The fourth-order valence-corrected chi connectivity index (χ4v) is 2.69. The number of nitrogens with one attached hydrogen (secondary N) is 1. The number of ether oxygens (including phenoxy) is 1. The van der Waals surface area contributed by atoms with Gasteiger partial charge in [-0.3, -0.25) is 0 Å². The van der Waals surface area contributed by atoms with E-state index in [1.165, 1.54) is 0 Å². The minimum absolute atomic E-state index is 0.299. The smallest absolute Gasteiger partial charge is 0.335 e. The summed E-state index contributed by atoms with van der Waals surface area (Å²) in [5.41, 5.74) is 3.56. The van der Waals surface area contributed by atoms with Gasteiger partial charge in [-0.1, -0.05) is 48.0 Å². The van der Waals surface area contributed by atoms with Crippen molar-refractivity contribution >= 4 is 17.6 Å². The lowest BCUT2D eigenvalue weighted by atomic mass is 10.1. The molecule has 27 heavy (non-hydrogen) atoms. The summed E-state index contributed by atoms with van der Waals surface area (Å²) in [4.78, 5) is 10.8. The Morgan fingerprint density at radius 1 is 0.815 bits per heavy atom. The maximum atomic E-state index is 10.8. The fraction of sp³-hybridized carbons (Fsp3) is 0.136. The highest BCUT2D eigenvalue weighted by Crippen LogP contribution is 2.16. The Kier molecular flexibility index (Phi) is 6.47. The molecule has 0 spiro atoms. The minimum atomic E-state index is -0.909. The van der Waals surface area contributed by atoms with E-state index < -0.39 is 5.97 Å². The van der Waals surface area contributed by atoms with Gasteiger partial charge in [0.1, 0.15) is 12.4 Å². The van der Waals surface area contributed by atoms with Crippen LogP contribution in [0.15, 0.2) is 72.8 Å². The molecule has 0 amide bonds. The summed E-state index contributed by atoms with van der Waals surface area (Å²) in [6.45, 7) is 1.90. The topological polar surface area (TPSA) is 58.6 Å². The molecule has 3 aromatic rings. The molecule has 4 nitrogen and oxygen atoms in total. The number of aromatic carboxylic acids is 1. The van der Waals surface area contributed by atoms with Gasteiger partial charge in [0, 0.05) is 18.1 Å². The molecule has 138 valence electrons. The molecule has 0 radical (unpaired) electrons. The van der Waals surface area contributed by atoms with Crippen molar-refractivity contribution in [2.75, 3.05) is 0 Å². The quantitative estimate of drug-likeness (QED) is 0.582. The van der Waals surface area contributed by atoms with E-state index in [1.807, 2.05) is 60.7 Å². The molecule has 0 unspecified atom stereocenters. The van der Waals surface area contributed by atoms with Gasteiger partial charge in [0.25, 0.3) is 0 Å². The first-order valence-electron chi connectivity index (χ1n) is 8.59. The van der Waals surface area contributed by atoms with Crippen molar-refractivity contribution in [3.05, 3.63) is 100 Å². The summed E-state index contributed by atoms with van der Waals surface area (Å²) < 4.78 is 5.78. The summed E-state index contributed by atoms with van der Waals surface area (Å²) >= 11 is 5.88. The van der Waals surface area contributed by atoms with Gasteiger partial charge in [0.05, 0.1) is 5.56 Å². The highest BCUT2D eigenvalue weighted by Gasteiger charge is 2.02. The molecule has 0 bridgehead atoms. The van der Waals surface area contributed by atoms with Crippen LogP contribution in [0.3, 0.4) is 0 Å². The maximum absolute atomic E-state index is 10.8. The van der Waals surface area contributed by atoms with Crippen LogP contribution in [-0.2, 0) is 19.7 Å². The zero-order valence-electron chi connectivity index (χ0n) is 14.7. The molecule has 5 heteroatoms. The number of carboxylic acid groups (broad SMARTS) is 1. The van der Waals surface area contributed by atoms with Gasteiger partial charge in [0.2, 0.25) is 0 Å². The lowest BCUT2D eigenvalue weighted by molar-refractivity contribution is 0.0697. The van der Waals surface area contributed by atoms with Crippen LogP contribution >= 0.6 is 11.6 Å². The first-order valence-corrected chi connectivity index (χ1v) is 8.97. The molecular weight excluding hydrogens is 362 g/mol. The first kappa shape index (κ1) is 19.0. The third-order valence-electron chi connectivity index (χ3n) is 4.10. The predicted octanol–water partition coefficient (Wildman–Crippen LogP) is 4.91. The zero-order valence-corrected chi connectivity index (χ0v) is 15.4. The second-order valence-electron chi connectivity index (χ2n) is 6.16. The van der Waals surface area contributed by atoms with Crippen molar-refractivity contribution < 1.29 is 14.6 Å². The van der Waals surface area contributed by atoms with E-state index in [1.54, 1.807) is 12.1 Å². The van der Waals surface area contributed by atoms with Gasteiger partial charge in [-0.2, -0.15) is 0 Å². The first-order chi connectivity index (χ1) is 13.1. The van der Waals surface area contributed by atoms with Crippen LogP contribution in [0.5, 0.6) is 5.75 Å². The van der Waals surface area contributed by atoms with Gasteiger partial charge >= 0.3 is 5.97 Å². The van der Waals surface area contributed by atoms with E-state index in [4.69, 9.17) is 21.4 Å². The van der Waals surface area contributed by atoms with Gasteiger partial charge in [-0.25, -0.2) is 4.79 Å². The van der Waals surface area contributed by atoms with E-state index >= 15 is 0 Å². The number of halogens is 1. The van der Waals surface area contributed by atoms with Crippen LogP contribution in [-0.4, -0.2) is 11.1 Å². The highest BCUT2D eigenvalue weighted by molar-refractivity contribution is 6.30. The molecule has 3 aromatic carbocycles. The number of hydrogen-bond donors (Lipinski definition) is 2. The molecule has 3 rings (SSSR count). The zero-order chi connectivity index (χ0) is 19.1. The Bertz CT molecular complexity index is 875.